The highest BCUT2D eigenvalue weighted by molar-refractivity contribution is 6.01. The molecule has 0 unspecified atom stereocenters. The van der Waals surface area contributed by atoms with Gasteiger partial charge in [-0.25, -0.2) is 0 Å². The van der Waals surface area contributed by atoms with Crippen LogP contribution in [-0.2, 0) is 0 Å². The minimum Gasteiger partial charge on any atom is -0.496 e. The number of ketones is 1. The van der Waals surface area contributed by atoms with Crippen LogP contribution >= 0.6 is 0 Å². The van der Waals surface area contributed by atoms with Gasteiger partial charge in [0, 0.05) is 25.9 Å². The number of rotatable bonds is 2. The molecule has 2 aromatic carbocycles. The van der Waals surface area contributed by atoms with E-state index in [-0.39, 0.29) is 11.7 Å². The fourth-order valence-electron chi connectivity index (χ4n) is 4.33. The molecule has 1 fully saturated rings. The van der Waals surface area contributed by atoms with Gasteiger partial charge in [0.2, 0.25) is 0 Å². The van der Waals surface area contributed by atoms with Crippen molar-refractivity contribution in [1.29, 1.82) is 0 Å². The zero-order valence-electron chi connectivity index (χ0n) is 16.6. The van der Waals surface area contributed by atoms with Gasteiger partial charge in [0.15, 0.2) is 5.78 Å². The summed E-state index contributed by atoms with van der Waals surface area (Å²) < 4.78 is 11.7. The standard InChI is InChI=1S/C23H25NO4/c1-15-12-16(2)21-18(13-15)19(25)14-23(28-21)8-10-24(11-9-23)22(26)17-6-4-5-7-20(17)27-3/h4-7,12-13H,8-11,14H2,1-3H3. The summed E-state index contributed by atoms with van der Waals surface area (Å²) in [6, 6.07) is 11.2. The highest BCUT2D eigenvalue weighted by Crippen LogP contribution is 2.41. The first kappa shape index (κ1) is 18.5. The smallest absolute Gasteiger partial charge is 0.257 e. The number of methoxy groups -OCH3 is 1. The van der Waals surface area contributed by atoms with Gasteiger partial charge in [-0.2, -0.15) is 0 Å². The molecule has 2 aliphatic heterocycles. The van der Waals surface area contributed by atoms with Crippen LogP contribution in [0.1, 0.15) is 51.1 Å². The van der Waals surface area contributed by atoms with Crippen LogP contribution in [0.5, 0.6) is 11.5 Å². The number of amides is 1. The van der Waals surface area contributed by atoms with Gasteiger partial charge in [0.1, 0.15) is 17.1 Å². The number of hydrogen-bond acceptors (Lipinski definition) is 4. The molecule has 1 spiro atoms. The summed E-state index contributed by atoms with van der Waals surface area (Å²) >= 11 is 0. The molecule has 0 bridgehead atoms. The Balaban J connectivity index is 1.52. The molecule has 0 aromatic heterocycles. The van der Waals surface area contributed by atoms with Crippen LogP contribution in [0.15, 0.2) is 36.4 Å². The molecular formula is C23H25NO4. The number of benzene rings is 2. The Morgan fingerprint density at radius 3 is 2.57 bits per heavy atom. The quantitative estimate of drug-likeness (QED) is 0.793. The summed E-state index contributed by atoms with van der Waals surface area (Å²) in [5, 5.41) is 0. The molecule has 0 N–H and O–H groups in total. The summed E-state index contributed by atoms with van der Waals surface area (Å²) in [5.74, 6) is 1.39. The number of aryl methyl sites for hydroxylation is 2. The molecule has 0 saturated carbocycles. The van der Waals surface area contributed by atoms with E-state index < -0.39 is 5.60 Å². The minimum atomic E-state index is -0.512. The van der Waals surface area contributed by atoms with Crippen LogP contribution < -0.4 is 9.47 Å². The zero-order valence-corrected chi connectivity index (χ0v) is 16.6. The maximum absolute atomic E-state index is 12.9. The molecule has 2 heterocycles. The number of likely N-dealkylation sites (tertiary alicyclic amines) is 1. The Labute approximate surface area is 165 Å². The first-order valence-electron chi connectivity index (χ1n) is 9.68. The third-order valence-corrected chi connectivity index (χ3v) is 5.82. The largest absolute Gasteiger partial charge is 0.496 e. The number of ether oxygens (including phenoxy) is 2. The van der Waals surface area contributed by atoms with E-state index in [1.165, 1.54) is 0 Å². The second-order valence-electron chi connectivity index (χ2n) is 7.84. The van der Waals surface area contributed by atoms with Gasteiger partial charge in [0.05, 0.1) is 24.7 Å². The second kappa shape index (κ2) is 6.97. The molecule has 2 aromatic rings. The van der Waals surface area contributed by atoms with E-state index >= 15 is 0 Å². The number of nitrogens with zero attached hydrogens (tertiary/aromatic N) is 1. The first-order valence-corrected chi connectivity index (χ1v) is 9.68. The monoisotopic (exact) mass is 379 g/mol. The normalized spacial score (nSPS) is 17.8. The Kier molecular flexibility index (Phi) is 4.61. The summed E-state index contributed by atoms with van der Waals surface area (Å²) in [6.07, 6.45) is 1.67. The number of hydrogen-bond donors (Lipinski definition) is 0. The van der Waals surface area contributed by atoms with Crippen molar-refractivity contribution in [2.24, 2.45) is 0 Å². The van der Waals surface area contributed by atoms with Crippen molar-refractivity contribution in [2.45, 2.75) is 38.7 Å². The fraction of sp³-hybridized carbons (Fsp3) is 0.391. The molecule has 0 aliphatic carbocycles. The summed E-state index contributed by atoms with van der Waals surface area (Å²) in [7, 11) is 1.57. The third kappa shape index (κ3) is 3.15. The Morgan fingerprint density at radius 1 is 1.14 bits per heavy atom. The third-order valence-electron chi connectivity index (χ3n) is 5.82. The maximum atomic E-state index is 12.9. The van der Waals surface area contributed by atoms with E-state index in [9.17, 15) is 9.59 Å². The van der Waals surface area contributed by atoms with Gasteiger partial charge in [0.25, 0.3) is 5.91 Å². The van der Waals surface area contributed by atoms with E-state index in [0.29, 0.717) is 55.0 Å². The van der Waals surface area contributed by atoms with E-state index in [2.05, 4.69) is 0 Å². The predicted octanol–water partition coefficient (Wildman–Crippen LogP) is 3.95. The number of fused-ring (bicyclic) bond motifs is 1. The lowest BCUT2D eigenvalue weighted by Crippen LogP contribution is -2.52. The van der Waals surface area contributed by atoms with Crippen LogP contribution in [-0.4, -0.2) is 42.4 Å². The lowest BCUT2D eigenvalue weighted by molar-refractivity contribution is -0.00624. The van der Waals surface area contributed by atoms with Crippen LogP contribution in [0.3, 0.4) is 0 Å². The van der Waals surface area contributed by atoms with Gasteiger partial charge >= 0.3 is 0 Å². The van der Waals surface area contributed by atoms with Crippen molar-refractivity contribution in [3.05, 3.63) is 58.7 Å². The molecule has 5 nitrogen and oxygen atoms in total. The lowest BCUT2D eigenvalue weighted by Gasteiger charge is -2.44. The predicted molar refractivity (Wildman–Crippen MR) is 106 cm³/mol. The van der Waals surface area contributed by atoms with Crippen LogP contribution in [0.2, 0.25) is 0 Å². The minimum absolute atomic E-state index is 0.0401. The summed E-state index contributed by atoms with van der Waals surface area (Å²) in [5.41, 5.74) is 2.81. The highest BCUT2D eigenvalue weighted by atomic mass is 16.5. The number of carbonyl (C=O) groups excluding carboxylic acids is 2. The van der Waals surface area contributed by atoms with Crippen molar-refractivity contribution in [1.82, 2.24) is 4.90 Å². The number of piperidine rings is 1. The highest BCUT2D eigenvalue weighted by Gasteiger charge is 2.44. The Morgan fingerprint density at radius 2 is 1.86 bits per heavy atom. The fourth-order valence-corrected chi connectivity index (χ4v) is 4.33. The van der Waals surface area contributed by atoms with Crippen molar-refractivity contribution >= 4 is 11.7 Å². The average molecular weight is 379 g/mol. The van der Waals surface area contributed by atoms with Gasteiger partial charge in [-0.15, -0.1) is 0 Å². The molecule has 0 radical (unpaired) electrons. The van der Waals surface area contributed by atoms with Crippen LogP contribution in [0.25, 0.3) is 0 Å². The van der Waals surface area contributed by atoms with Gasteiger partial charge in [-0.1, -0.05) is 18.2 Å². The molecule has 1 saturated heterocycles. The van der Waals surface area contributed by atoms with Crippen molar-refractivity contribution in [3.63, 3.8) is 0 Å². The van der Waals surface area contributed by atoms with Crippen molar-refractivity contribution in [3.8, 4) is 11.5 Å². The lowest BCUT2D eigenvalue weighted by atomic mass is 9.81. The molecule has 146 valence electrons. The average Bonchev–Trinajstić information content (AvgIpc) is 2.69. The van der Waals surface area contributed by atoms with Gasteiger partial charge in [-0.05, 0) is 43.2 Å². The molecule has 5 heteroatoms. The first-order chi connectivity index (χ1) is 13.4. The number of para-hydroxylation sites is 1. The topological polar surface area (TPSA) is 55.8 Å². The molecule has 4 rings (SSSR count). The molecule has 0 atom stereocenters. The zero-order chi connectivity index (χ0) is 19.9. The van der Waals surface area contributed by atoms with Gasteiger partial charge in [-0.3, -0.25) is 9.59 Å². The maximum Gasteiger partial charge on any atom is 0.257 e. The van der Waals surface area contributed by atoms with E-state index in [0.717, 1.165) is 11.1 Å². The Hall–Kier alpha value is -2.82. The molecule has 28 heavy (non-hydrogen) atoms. The molecule has 2 aliphatic rings. The van der Waals surface area contributed by atoms with Crippen LogP contribution in [0, 0.1) is 13.8 Å². The van der Waals surface area contributed by atoms with E-state index in [1.807, 2.05) is 43.0 Å². The van der Waals surface area contributed by atoms with E-state index in [1.54, 1.807) is 19.2 Å². The second-order valence-corrected chi connectivity index (χ2v) is 7.84. The SMILES string of the molecule is COc1ccccc1C(=O)N1CCC2(CC1)CC(=O)c1cc(C)cc(C)c1O2. The van der Waals surface area contributed by atoms with Crippen molar-refractivity contribution in [2.75, 3.05) is 20.2 Å². The summed E-state index contributed by atoms with van der Waals surface area (Å²) in [6.45, 7) is 5.10. The number of Topliss-reactive ketones (excluding diaryl/α,β-unsaturated/α-hetero) is 1. The van der Waals surface area contributed by atoms with E-state index in [4.69, 9.17) is 9.47 Å². The summed E-state index contributed by atoms with van der Waals surface area (Å²) in [4.78, 5) is 27.6. The molecule has 1 amide bonds. The Bertz CT molecular complexity index is 942. The van der Waals surface area contributed by atoms with Gasteiger partial charge < -0.3 is 14.4 Å². The van der Waals surface area contributed by atoms with Crippen molar-refractivity contribution < 1.29 is 19.1 Å². The van der Waals surface area contributed by atoms with Crippen LogP contribution in [0.4, 0.5) is 0 Å². The molecular weight excluding hydrogens is 354 g/mol. The number of carbonyl (C=O) groups is 2.